The second-order valence-corrected chi connectivity index (χ2v) is 4.98. The molecule has 0 aliphatic heterocycles. The first-order valence-electron chi connectivity index (χ1n) is 6.33. The summed E-state index contributed by atoms with van der Waals surface area (Å²) in [5, 5.41) is 8.82. The van der Waals surface area contributed by atoms with Crippen molar-refractivity contribution in [3.63, 3.8) is 0 Å². The normalized spacial score (nSPS) is 12.1. The Morgan fingerprint density at radius 3 is 2.30 bits per heavy atom. The monoisotopic (exact) mass is 286 g/mol. The van der Waals surface area contributed by atoms with Gasteiger partial charge in [-0.15, -0.1) is 0 Å². The first-order chi connectivity index (χ1) is 9.31. The number of carboxylic acids is 1. The van der Waals surface area contributed by atoms with Crippen LogP contribution in [0.15, 0.2) is 30.3 Å². The first-order valence-corrected chi connectivity index (χ1v) is 6.33. The maximum atomic E-state index is 14.1. The van der Waals surface area contributed by atoms with Gasteiger partial charge in [0, 0.05) is 18.7 Å². The van der Waals surface area contributed by atoms with Crippen molar-refractivity contribution in [1.29, 1.82) is 0 Å². The van der Waals surface area contributed by atoms with Crippen molar-refractivity contribution in [3.05, 3.63) is 35.9 Å². The standard InChI is InChI=1S/C14H20F2N2O2/c1-17(2)8-9-18(10-13(19)20)11-14(15,16)12-6-4-3-5-7-12/h3-7H,8-11H2,1-2H3,(H,19,20). The number of aliphatic carboxylic acids is 1. The highest BCUT2D eigenvalue weighted by Gasteiger charge is 2.34. The van der Waals surface area contributed by atoms with Gasteiger partial charge in [0.05, 0.1) is 13.1 Å². The van der Waals surface area contributed by atoms with Crippen LogP contribution in [0.2, 0.25) is 0 Å². The lowest BCUT2D eigenvalue weighted by molar-refractivity contribution is -0.139. The molecule has 0 atom stereocenters. The molecule has 1 N–H and O–H groups in total. The Hall–Kier alpha value is -1.53. The van der Waals surface area contributed by atoms with Gasteiger partial charge in [0.25, 0.3) is 5.92 Å². The zero-order chi connectivity index (χ0) is 15.2. The summed E-state index contributed by atoms with van der Waals surface area (Å²) in [7, 11) is 3.63. The molecule has 1 rings (SSSR count). The van der Waals surface area contributed by atoms with Crippen molar-refractivity contribution < 1.29 is 18.7 Å². The number of likely N-dealkylation sites (N-methyl/N-ethyl adjacent to an activating group) is 1. The van der Waals surface area contributed by atoms with Crippen molar-refractivity contribution in [2.24, 2.45) is 0 Å². The Kier molecular flexibility index (Phi) is 6.04. The molecule has 0 aromatic heterocycles. The molecule has 4 nitrogen and oxygen atoms in total. The number of benzene rings is 1. The Morgan fingerprint density at radius 2 is 1.80 bits per heavy atom. The second-order valence-electron chi connectivity index (χ2n) is 4.98. The van der Waals surface area contributed by atoms with Crippen molar-refractivity contribution >= 4 is 5.97 Å². The highest BCUT2D eigenvalue weighted by atomic mass is 19.3. The van der Waals surface area contributed by atoms with Gasteiger partial charge in [0.15, 0.2) is 0 Å². The molecule has 0 bridgehead atoms. The lowest BCUT2D eigenvalue weighted by Crippen LogP contribution is -2.41. The van der Waals surface area contributed by atoms with Crippen molar-refractivity contribution in [3.8, 4) is 0 Å². The largest absolute Gasteiger partial charge is 0.480 e. The molecule has 0 aliphatic carbocycles. The molecule has 1 aromatic carbocycles. The summed E-state index contributed by atoms with van der Waals surface area (Å²) in [6.07, 6.45) is 0. The van der Waals surface area contributed by atoms with Crippen LogP contribution in [0.5, 0.6) is 0 Å². The summed E-state index contributed by atoms with van der Waals surface area (Å²) in [5.41, 5.74) is -0.0970. The average Bonchev–Trinajstić information content (AvgIpc) is 2.36. The van der Waals surface area contributed by atoms with Crippen molar-refractivity contribution in [1.82, 2.24) is 9.80 Å². The van der Waals surface area contributed by atoms with E-state index in [2.05, 4.69) is 0 Å². The first kappa shape index (κ1) is 16.5. The summed E-state index contributed by atoms with van der Waals surface area (Å²) in [5.74, 6) is -4.17. The van der Waals surface area contributed by atoms with Gasteiger partial charge in [0.1, 0.15) is 0 Å². The number of rotatable bonds is 8. The molecule has 0 saturated carbocycles. The van der Waals surface area contributed by atoms with Crippen molar-refractivity contribution in [2.75, 3.05) is 40.3 Å². The van der Waals surface area contributed by atoms with Crippen LogP contribution in [0.3, 0.4) is 0 Å². The van der Waals surface area contributed by atoms with Crippen LogP contribution in [0.25, 0.3) is 0 Å². The Balaban J connectivity index is 2.74. The predicted octanol–water partition coefficient (Wildman–Crippen LogP) is 1.73. The molecule has 0 unspecified atom stereocenters. The van der Waals surface area contributed by atoms with Crippen LogP contribution in [0, 0.1) is 0 Å². The molecule has 0 saturated heterocycles. The zero-order valence-corrected chi connectivity index (χ0v) is 11.7. The maximum Gasteiger partial charge on any atom is 0.317 e. The third-order valence-corrected chi connectivity index (χ3v) is 2.84. The number of hydrogen-bond donors (Lipinski definition) is 1. The molecule has 112 valence electrons. The van der Waals surface area contributed by atoms with E-state index in [1.807, 2.05) is 19.0 Å². The number of hydrogen-bond acceptors (Lipinski definition) is 3. The molecule has 0 heterocycles. The van der Waals surface area contributed by atoms with Gasteiger partial charge in [-0.1, -0.05) is 30.3 Å². The second kappa shape index (κ2) is 7.31. The van der Waals surface area contributed by atoms with Crippen LogP contribution in [0.1, 0.15) is 5.56 Å². The molecular weight excluding hydrogens is 266 g/mol. The fraction of sp³-hybridized carbons (Fsp3) is 0.500. The Morgan fingerprint density at radius 1 is 1.20 bits per heavy atom. The summed E-state index contributed by atoms with van der Waals surface area (Å²) < 4.78 is 28.3. The minimum atomic E-state index is -3.07. The zero-order valence-electron chi connectivity index (χ0n) is 11.7. The highest BCUT2D eigenvalue weighted by molar-refractivity contribution is 5.69. The molecular formula is C14H20F2N2O2. The van der Waals surface area contributed by atoms with E-state index in [9.17, 15) is 13.6 Å². The van der Waals surface area contributed by atoms with E-state index in [4.69, 9.17) is 5.11 Å². The third-order valence-electron chi connectivity index (χ3n) is 2.84. The number of alkyl halides is 2. The molecule has 0 amide bonds. The third kappa shape index (κ3) is 5.63. The average molecular weight is 286 g/mol. The van der Waals surface area contributed by atoms with Crippen LogP contribution in [0.4, 0.5) is 8.78 Å². The van der Waals surface area contributed by atoms with Gasteiger partial charge in [-0.05, 0) is 14.1 Å². The van der Waals surface area contributed by atoms with Crippen LogP contribution >= 0.6 is 0 Å². The van der Waals surface area contributed by atoms with Gasteiger partial charge in [-0.3, -0.25) is 9.69 Å². The fourth-order valence-corrected chi connectivity index (χ4v) is 1.80. The summed E-state index contributed by atoms with van der Waals surface area (Å²) in [6, 6.07) is 7.46. The molecule has 1 aromatic rings. The number of halogens is 2. The number of nitrogens with zero attached hydrogens (tertiary/aromatic N) is 2. The van der Waals surface area contributed by atoms with Crippen LogP contribution < -0.4 is 0 Å². The van der Waals surface area contributed by atoms with Gasteiger partial charge < -0.3 is 10.0 Å². The van der Waals surface area contributed by atoms with Gasteiger partial charge in [-0.2, -0.15) is 8.78 Å². The smallest absolute Gasteiger partial charge is 0.317 e. The van der Waals surface area contributed by atoms with Gasteiger partial charge >= 0.3 is 5.97 Å². The fourth-order valence-electron chi connectivity index (χ4n) is 1.80. The van der Waals surface area contributed by atoms with Gasteiger partial charge in [0.2, 0.25) is 0 Å². The van der Waals surface area contributed by atoms with E-state index in [0.717, 1.165) is 0 Å². The SMILES string of the molecule is CN(C)CCN(CC(=O)O)CC(F)(F)c1ccccc1. The topological polar surface area (TPSA) is 43.8 Å². The molecule has 0 fully saturated rings. The van der Waals surface area contributed by atoms with E-state index in [0.29, 0.717) is 6.54 Å². The van der Waals surface area contributed by atoms with Crippen molar-refractivity contribution in [2.45, 2.75) is 5.92 Å². The summed E-state index contributed by atoms with van der Waals surface area (Å²) >= 11 is 0. The molecule has 0 spiro atoms. The van der Waals surface area contributed by atoms with Crippen LogP contribution in [-0.2, 0) is 10.7 Å². The van der Waals surface area contributed by atoms with E-state index in [1.165, 1.54) is 17.0 Å². The Labute approximate surface area is 117 Å². The lowest BCUT2D eigenvalue weighted by Gasteiger charge is -2.27. The lowest BCUT2D eigenvalue weighted by atomic mass is 10.1. The van der Waals surface area contributed by atoms with Gasteiger partial charge in [-0.25, -0.2) is 0 Å². The minimum absolute atomic E-state index is 0.0970. The van der Waals surface area contributed by atoms with E-state index in [-0.39, 0.29) is 12.1 Å². The Bertz CT molecular complexity index is 424. The summed E-state index contributed by atoms with van der Waals surface area (Å²) in [6.45, 7) is -0.187. The van der Waals surface area contributed by atoms with E-state index < -0.39 is 25.0 Å². The van der Waals surface area contributed by atoms with E-state index >= 15 is 0 Å². The highest BCUT2D eigenvalue weighted by Crippen LogP contribution is 2.28. The predicted molar refractivity (Wildman–Crippen MR) is 73.0 cm³/mol. The molecule has 6 heteroatoms. The number of carboxylic acid groups (broad SMARTS) is 1. The quantitative estimate of drug-likeness (QED) is 0.790. The molecule has 20 heavy (non-hydrogen) atoms. The molecule has 0 radical (unpaired) electrons. The van der Waals surface area contributed by atoms with E-state index in [1.54, 1.807) is 18.2 Å². The number of carbonyl (C=O) groups is 1. The maximum absolute atomic E-state index is 14.1. The summed E-state index contributed by atoms with van der Waals surface area (Å²) in [4.78, 5) is 13.9. The van der Waals surface area contributed by atoms with Crippen LogP contribution in [-0.4, -0.2) is 61.2 Å². The minimum Gasteiger partial charge on any atom is -0.480 e. The molecule has 0 aliphatic rings.